The summed E-state index contributed by atoms with van der Waals surface area (Å²) in [5.74, 6) is 0. The van der Waals surface area contributed by atoms with E-state index in [1.807, 2.05) is 12.1 Å². The van der Waals surface area contributed by atoms with E-state index in [-0.39, 0.29) is 5.69 Å². The van der Waals surface area contributed by atoms with Crippen molar-refractivity contribution in [2.24, 2.45) is 7.05 Å². The molecule has 14 heavy (non-hydrogen) atoms. The molecule has 0 aliphatic carbocycles. The van der Waals surface area contributed by atoms with Gasteiger partial charge in [-0.2, -0.15) is 0 Å². The number of rotatable bonds is 2. The SMILES string of the molecule is Cn1ccn(Cc2ccc(Cl)s2)c1=O. The van der Waals surface area contributed by atoms with E-state index in [0.717, 1.165) is 9.21 Å². The third kappa shape index (κ3) is 1.76. The molecular weight excluding hydrogens is 220 g/mol. The fourth-order valence-corrected chi connectivity index (χ4v) is 2.32. The van der Waals surface area contributed by atoms with Gasteiger partial charge in [-0.3, -0.25) is 4.57 Å². The minimum atomic E-state index is -0.00507. The molecule has 0 amide bonds. The molecule has 0 aliphatic heterocycles. The second-order valence-electron chi connectivity index (χ2n) is 3.03. The molecule has 2 aromatic heterocycles. The maximum Gasteiger partial charge on any atom is 0.328 e. The van der Waals surface area contributed by atoms with Crippen molar-refractivity contribution >= 4 is 22.9 Å². The van der Waals surface area contributed by atoms with Crippen molar-refractivity contribution in [3.8, 4) is 0 Å². The monoisotopic (exact) mass is 228 g/mol. The van der Waals surface area contributed by atoms with Gasteiger partial charge in [-0.05, 0) is 12.1 Å². The minimum absolute atomic E-state index is 0.00507. The van der Waals surface area contributed by atoms with Gasteiger partial charge in [-0.15, -0.1) is 11.3 Å². The Morgan fingerprint density at radius 2 is 2.21 bits per heavy atom. The number of aryl methyl sites for hydroxylation is 1. The highest BCUT2D eigenvalue weighted by Crippen LogP contribution is 2.21. The lowest BCUT2D eigenvalue weighted by Gasteiger charge is -1.96. The molecule has 0 radical (unpaired) electrons. The number of nitrogens with zero attached hydrogens (tertiary/aromatic N) is 2. The molecule has 74 valence electrons. The molecule has 0 aliphatic rings. The number of hydrogen-bond acceptors (Lipinski definition) is 2. The summed E-state index contributed by atoms with van der Waals surface area (Å²) >= 11 is 7.29. The van der Waals surface area contributed by atoms with E-state index < -0.39 is 0 Å². The van der Waals surface area contributed by atoms with Crippen LogP contribution >= 0.6 is 22.9 Å². The van der Waals surface area contributed by atoms with Crippen molar-refractivity contribution in [3.63, 3.8) is 0 Å². The van der Waals surface area contributed by atoms with Crippen molar-refractivity contribution in [3.05, 3.63) is 44.2 Å². The van der Waals surface area contributed by atoms with Gasteiger partial charge in [0.05, 0.1) is 10.9 Å². The number of halogens is 1. The normalized spacial score (nSPS) is 10.7. The predicted octanol–water partition coefficient (Wildman–Crippen LogP) is 1.95. The lowest BCUT2D eigenvalue weighted by Crippen LogP contribution is -2.21. The molecule has 0 N–H and O–H groups in total. The van der Waals surface area contributed by atoms with Crippen LogP contribution in [0.5, 0.6) is 0 Å². The lowest BCUT2D eigenvalue weighted by atomic mass is 10.4. The Kier molecular flexibility index (Phi) is 2.48. The minimum Gasteiger partial charge on any atom is -0.302 e. The van der Waals surface area contributed by atoms with E-state index in [4.69, 9.17) is 11.6 Å². The molecule has 0 aromatic carbocycles. The molecule has 0 bridgehead atoms. The molecule has 0 spiro atoms. The van der Waals surface area contributed by atoms with Crippen LogP contribution in [0, 0.1) is 0 Å². The first-order chi connectivity index (χ1) is 6.66. The van der Waals surface area contributed by atoms with Crippen LogP contribution in [-0.2, 0) is 13.6 Å². The zero-order valence-electron chi connectivity index (χ0n) is 7.61. The highest BCUT2D eigenvalue weighted by Gasteiger charge is 2.02. The van der Waals surface area contributed by atoms with Crippen LogP contribution < -0.4 is 5.69 Å². The van der Waals surface area contributed by atoms with Gasteiger partial charge in [-0.25, -0.2) is 4.79 Å². The van der Waals surface area contributed by atoms with Gasteiger partial charge >= 0.3 is 5.69 Å². The van der Waals surface area contributed by atoms with Gasteiger partial charge in [0.25, 0.3) is 0 Å². The van der Waals surface area contributed by atoms with Crippen LogP contribution in [0.1, 0.15) is 4.88 Å². The molecular formula is C9H9ClN2OS. The number of imidazole rings is 1. The largest absolute Gasteiger partial charge is 0.328 e. The number of hydrogen-bond donors (Lipinski definition) is 0. The van der Waals surface area contributed by atoms with Crippen molar-refractivity contribution in [2.75, 3.05) is 0 Å². The Morgan fingerprint density at radius 3 is 2.71 bits per heavy atom. The average molecular weight is 229 g/mol. The Morgan fingerprint density at radius 1 is 1.43 bits per heavy atom. The molecule has 2 aromatic rings. The maximum absolute atomic E-state index is 11.5. The van der Waals surface area contributed by atoms with Crippen LogP contribution in [0.2, 0.25) is 4.34 Å². The summed E-state index contributed by atoms with van der Waals surface area (Å²) in [5, 5.41) is 0. The molecule has 0 atom stereocenters. The van der Waals surface area contributed by atoms with E-state index >= 15 is 0 Å². The highest BCUT2D eigenvalue weighted by molar-refractivity contribution is 7.16. The first kappa shape index (κ1) is 9.55. The zero-order valence-corrected chi connectivity index (χ0v) is 9.18. The van der Waals surface area contributed by atoms with Gasteiger partial charge in [0.2, 0.25) is 0 Å². The van der Waals surface area contributed by atoms with Crippen LogP contribution in [0.25, 0.3) is 0 Å². The van der Waals surface area contributed by atoms with Crippen LogP contribution in [0.3, 0.4) is 0 Å². The van der Waals surface area contributed by atoms with Gasteiger partial charge in [-0.1, -0.05) is 11.6 Å². The fourth-order valence-electron chi connectivity index (χ4n) is 1.24. The first-order valence-electron chi connectivity index (χ1n) is 4.13. The molecule has 5 heteroatoms. The molecule has 0 saturated carbocycles. The smallest absolute Gasteiger partial charge is 0.302 e. The zero-order chi connectivity index (χ0) is 10.1. The quantitative estimate of drug-likeness (QED) is 0.772. The predicted molar refractivity (Wildman–Crippen MR) is 58.1 cm³/mol. The fraction of sp³-hybridized carbons (Fsp3) is 0.222. The number of aromatic nitrogens is 2. The summed E-state index contributed by atoms with van der Waals surface area (Å²) in [7, 11) is 1.74. The van der Waals surface area contributed by atoms with Gasteiger partial charge < -0.3 is 4.57 Å². The van der Waals surface area contributed by atoms with E-state index in [2.05, 4.69) is 0 Å². The van der Waals surface area contributed by atoms with Crippen molar-refractivity contribution in [1.29, 1.82) is 0 Å². The Balaban J connectivity index is 2.27. The second-order valence-corrected chi connectivity index (χ2v) is 4.82. The van der Waals surface area contributed by atoms with Crippen molar-refractivity contribution in [1.82, 2.24) is 9.13 Å². The van der Waals surface area contributed by atoms with Crippen molar-refractivity contribution in [2.45, 2.75) is 6.54 Å². The Hall–Kier alpha value is -1.00. The third-order valence-electron chi connectivity index (χ3n) is 1.97. The highest BCUT2D eigenvalue weighted by atomic mass is 35.5. The van der Waals surface area contributed by atoms with E-state index in [9.17, 15) is 4.79 Å². The molecule has 0 saturated heterocycles. The van der Waals surface area contributed by atoms with Gasteiger partial charge in [0, 0.05) is 24.3 Å². The summed E-state index contributed by atoms with van der Waals surface area (Å²) in [5.41, 5.74) is -0.00507. The third-order valence-corrected chi connectivity index (χ3v) is 3.19. The van der Waals surface area contributed by atoms with E-state index in [1.54, 1.807) is 28.6 Å². The van der Waals surface area contributed by atoms with Gasteiger partial charge in [0.1, 0.15) is 0 Å². The number of thiophene rings is 1. The molecule has 3 nitrogen and oxygen atoms in total. The Labute approximate surface area is 90.2 Å². The average Bonchev–Trinajstić information content (AvgIpc) is 2.67. The van der Waals surface area contributed by atoms with Crippen LogP contribution in [0.4, 0.5) is 0 Å². The topological polar surface area (TPSA) is 26.9 Å². The van der Waals surface area contributed by atoms with Crippen LogP contribution in [0.15, 0.2) is 29.3 Å². The van der Waals surface area contributed by atoms with Gasteiger partial charge in [0.15, 0.2) is 0 Å². The summed E-state index contributed by atoms with van der Waals surface area (Å²) < 4.78 is 3.96. The lowest BCUT2D eigenvalue weighted by molar-refractivity contribution is 0.724. The summed E-state index contributed by atoms with van der Waals surface area (Å²) in [6.07, 6.45) is 3.52. The van der Waals surface area contributed by atoms with Crippen molar-refractivity contribution < 1.29 is 0 Å². The molecule has 0 fully saturated rings. The summed E-state index contributed by atoms with van der Waals surface area (Å²) in [6.45, 7) is 0.594. The van der Waals surface area contributed by atoms with E-state index in [1.165, 1.54) is 11.3 Å². The standard InChI is InChI=1S/C9H9ClN2OS/c1-11-4-5-12(9(11)13)6-7-2-3-8(10)14-7/h2-5H,6H2,1H3. The molecule has 2 rings (SSSR count). The van der Waals surface area contributed by atoms with E-state index in [0.29, 0.717) is 6.54 Å². The molecule has 2 heterocycles. The summed E-state index contributed by atoms with van der Waals surface area (Å²) in [6, 6.07) is 3.78. The second kappa shape index (κ2) is 3.63. The van der Waals surface area contributed by atoms with Crippen LogP contribution in [-0.4, -0.2) is 9.13 Å². The molecule has 0 unspecified atom stereocenters. The first-order valence-corrected chi connectivity index (χ1v) is 5.32. The maximum atomic E-state index is 11.5. The Bertz CT molecular complexity index is 497. The summed E-state index contributed by atoms with van der Waals surface area (Å²) in [4.78, 5) is 12.6.